The first-order valence-corrected chi connectivity index (χ1v) is 7.82. The van der Waals surface area contributed by atoms with E-state index in [1.165, 1.54) is 12.1 Å². The van der Waals surface area contributed by atoms with E-state index in [4.69, 9.17) is 17.3 Å². The van der Waals surface area contributed by atoms with Crippen LogP contribution in [-0.2, 0) is 10.0 Å². The maximum absolute atomic E-state index is 12.2. The van der Waals surface area contributed by atoms with Crippen molar-refractivity contribution in [1.29, 1.82) is 0 Å². The molecule has 0 aliphatic heterocycles. The minimum atomic E-state index is -3.78. The van der Waals surface area contributed by atoms with Crippen molar-refractivity contribution >= 4 is 44.0 Å². The molecule has 3 N–H and O–H groups in total. The van der Waals surface area contributed by atoms with Gasteiger partial charge in [0, 0.05) is 22.2 Å². The summed E-state index contributed by atoms with van der Waals surface area (Å²) in [7, 11) is -3.78. The van der Waals surface area contributed by atoms with Gasteiger partial charge in [-0.1, -0.05) is 11.6 Å². The first kappa shape index (κ1) is 14.0. The molecule has 0 spiro atoms. The van der Waals surface area contributed by atoms with Gasteiger partial charge in [-0.05, 0) is 31.5 Å². The predicted molar refractivity (Wildman–Crippen MR) is 76.1 cm³/mol. The summed E-state index contributed by atoms with van der Waals surface area (Å²) in [5.41, 5.74) is 6.48. The second-order valence-electron chi connectivity index (χ2n) is 3.87. The quantitative estimate of drug-likeness (QED) is 0.845. The van der Waals surface area contributed by atoms with Crippen LogP contribution in [0.3, 0.4) is 0 Å². The number of halogens is 1. The zero-order valence-electron chi connectivity index (χ0n) is 10.1. The predicted octanol–water partition coefficient (Wildman–Crippen LogP) is 2.19. The first-order valence-electron chi connectivity index (χ1n) is 5.18. The van der Waals surface area contributed by atoms with Crippen molar-refractivity contribution in [2.24, 2.45) is 0 Å². The highest BCUT2D eigenvalue weighted by molar-refractivity contribution is 7.93. The Morgan fingerprint density at radius 1 is 1.37 bits per heavy atom. The highest BCUT2D eigenvalue weighted by atomic mass is 35.5. The molecule has 19 heavy (non-hydrogen) atoms. The van der Waals surface area contributed by atoms with Gasteiger partial charge in [-0.25, -0.2) is 13.4 Å². The Bertz CT molecular complexity index is 727. The summed E-state index contributed by atoms with van der Waals surface area (Å²) < 4.78 is 30.8. The van der Waals surface area contributed by atoms with Crippen LogP contribution in [0.5, 0.6) is 0 Å². The van der Waals surface area contributed by atoms with Crippen molar-refractivity contribution in [1.82, 2.24) is 9.36 Å². The van der Waals surface area contributed by atoms with Gasteiger partial charge in [0.25, 0.3) is 10.0 Å². The summed E-state index contributed by atoms with van der Waals surface area (Å²) in [6.07, 6.45) is 0. The molecule has 9 heteroatoms. The standard InChI is InChI=1S/C10H11ClN4O2S2/c1-5-8(12)3-7(11)4-9(5)19(16,17)15-10-13-6(2)14-18-10/h3-4H,12H2,1-2H3,(H,13,14,15). The van der Waals surface area contributed by atoms with Gasteiger partial charge in [0.2, 0.25) is 5.13 Å². The van der Waals surface area contributed by atoms with Gasteiger partial charge in [-0.15, -0.1) is 0 Å². The summed E-state index contributed by atoms with van der Waals surface area (Å²) in [6.45, 7) is 3.29. The number of benzene rings is 1. The maximum Gasteiger partial charge on any atom is 0.264 e. The van der Waals surface area contributed by atoms with Crippen molar-refractivity contribution in [2.75, 3.05) is 10.5 Å². The van der Waals surface area contributed by atoms with Crippen LogP contribution in [0.2, 0.25) is 5.02 Å². The number of hydrogen-bond donors (Lipinski definition) is 2. The molecule has 2 aromatic rings. The number of sulfonamides is 1. The molecular weight excluding hydrogens is 308 g/mol. The van der Waals surface area contributed by atoms with Crippen LogP contribution in [0.25, 0.3) is 0 Å². The van der Waals surface area contributed by atoms with Crippen LogP contribution >= 0.6 is 23.1 Å². The van der Waals surface area contributed by atoms with E-state index in [9.17, 15) is 8.42 Å². The lowest BCUT2D eigenvalue weighted by atomic mass is 10.2. The minimum Gasteiger partial charge on any atom is -0.398 e. The molecule has 2 rings (SSSR count). The van der Waals surface area contributed by atoms with E-state index in [0.29, 0.717) is 17.1 Å². The van der Waals surface area contributed by atoms with Gasteiger partial charge >= 0.3 is 0 Å². The average Bonchev–Trinajstić information content (AvgIpc) is 2.68. The van der Waals surface area contributed by atoms with Crippen molar-refractivity contribution < 1.29 is 8.42 Å². The lowest BCUT2D eigenvalue weighted by Crippen LogP contribution is -2.15. The third-order valence-electron chi connectivity index (χ3n) is 2.40. The molecule has 0 atom stereocenters. The van der Waals surface area contributed by atoms with Crippen LogP contribution in [0.1, 0.15) is 11.4 Å². The van der Waals surface area contributed by atoms with Gasteiger partial charge in [0.1, 0.15) is 5.82 Å². The maximum atomic E-state index is 12.2. The first-order chi connectivity index (χ1) is 8.79. The fourth-order valence-corrected chi connectivity index (χ4v) is 3.85. The smallest absolute Gasteiger partial charge is 0.264 e. The molecule has 0 aliphatic carbocycles. The van der Waals surface area contributed by atoms with Crippen LogP contribution < -0.4 is 10.5 Å². The highest BCUT2D eigenvalue weighted by Gasteiger charge is 2.20. The lowest BCUT2D eigenvalue weighted by molar-refractivity contribution is 0.600. The molecule has 0 saturated heterocycles. The number of nitrogens with two attached hydrogens (primary N) is 1. The molecule has 0 fully saturated rings. The second kappa shape index (κ2) is 4.95. The number of anilines is 2. The number of rotatable bonds is 3. The summed E-state index contributed by atoms with van der Waals surface area (Å²) in [5.74, 6) is 0.505. The molecule has 0 unspecified atom stereocenters. The summed E-state index contributed by atoms with van der Waals surface area (Å²) in [6, 6.07) is 2.86. The number of aromatic nitrogens is 2. The number of nitrogen functional groups attached to an aromatic ring is 1. The van der Waals surface area contributed by atoms with Crippen molar-refractivity contribution in [3.63, 3.8) is 0 Å². The normalized spacial score (nSPS) is 11.5. The number of nitrogens with one attached hydrogen (secondary N) is 1. The monoisotopic (exact) mass is 318 g/mol. The van der Waals surface area contributed by atoms with E-state index in [0.717, 1.165) is 11.5 Å². The van der Waals surface area contributed by atoms with Crippen molar-refractivity contribution in [2.45, 2.75) is 18.7 Å². The zero-order chi connectivity index (χ0) is 14.2. The average molecular weight is 319 g/mol. The van der Waals surface area contributed by atoms with Gasteiger partial charge in [-0.2, -0.15) is 4.37 Å². The second-order valence-corrected chi connectivity index (χ2v) is 6.71. The Kier molecular flexibility index (Phi) is 3.66. The fraction of sp³-hybridized carbons (Fsp3) is 0.200. The Balaban J connectivity index is 2.45. The van der Waals surface area contributed by atoms with Gasteiger partial charge in [0.15, 0.2) is 0 Å². The molecule has 0 bridgehead atoms. The third-order valence-corrected chi connectivity index (χ3v) is 4.94. The van der Waals surface area contributed by atoms with Gasteiger partial charge in [0.05, 0.1) is 4.90 Å². The van der Waals surface area contributed by atoms with Crippen LogP contribution in [0.15, 0.2) is 17.0 Å². The minimum absolute atomic E-state index is 0.0327. The summed E-state index contributed by atoms with van der Waals surface area (Å²) in [4.78, 5) is 3.98. The molecule has 102 valence electrons. The molecule has 1 aromatic heterocycles. The van der Waals surface area contributed by atoms with Crippen molar-refractivity contribution in [3.05, 3.63) is 28.5 Å². The topological polar surface area (TPSA) is 98.0 Å². The molecule has 6 nitrogen and oxygen atoms in total. The van der Waals surface area contributed by atoms with E-state index in [2.05, 4.69) is 14.1 Å². The zero-order valence-corrected chi connectivity index (χ0v) is 12.5. The van der Waals surface area contributed by atoms with Crippen LogP contribution in [-0.4, -0.2) is 17.8 Å². The Morgan fingerprint density at radius 2 is 2.05 bits per heavy atom. The van der Waals surface area contributed by atoms with E-state index in [1.54, 1.807) is 13.8 Å². The van der Waals surface area contributed by atoms with Crippen LogP contribution in [0.4, 0.5) is 10.8 Å². The SMILES string of the molecule is Cc1nsc(NS(=O)(=O)c2cc(Cl)cc(N)c2C)n1. The molecule has 0 aliphatic rings. The highest BCUT2D eigenvalue weighted by Crippen LogP contribution is 2.27. The van der Waals surface area contributed by atoms with E-state index in [1.807, 2.05) is 0 Å². The number of nitrogens with zero attached hydrogens (tertiary/aromatic N) is 2. The molecule has 1 aromatic carbocycles. The van der Waals surface area contributed by atoms with Gasteiger partial charge in [-0.3, -0.25) is 4.72 Å². The van der Waals surface area contributed by atoms with Gasteiger partial charge < -0.3 is 5.73 Å². The van der Waals surface area contributed by atoms with E-state index >= 15 is 0 Å². The Morgan fingerprint density at radius 3 is 2.63 bits per heavy atom. The summed E-state index contributed by atoms with van der Waals surface area (Å²) >= 11 is 6.81. The molecule has 0 amide bonds. The van der Waals surface area contributed by atoms with E-state index in [-0.39, 0.29) is 15.0 Å². The molecule has 0 radical (unpaired) electrons. The number of aryl methyl sites for hydroxylation is 1. The molecule has 0 saturated carbocycles. The Hall–Kier alpha value is -1.38. The largest absolute Gasteiger partial charge is 0.398 e. The molecular formula is C10H11ClN4O2S2. The molecule has 1 heterocycles. The summed E-state index contributed by atoms with van der Waals surface area (Å²) in [5, 5.41) is 0.465. The lowest BCUT2D eigenvalue weighted by Gasteiger charge is -2.10. The van der Waals surface area contributed by atoms with E-state index < -0.39 is 10.0 Å². The van der Waals surface area contributed by atoms with Crippen molar-refractivity contribution in [3.8, 4) is 0 Å². The fourth-order valence-electron chi connectivity index (χ4n) is 1.46. The Labute approximate surface area is 119 Å². The van der Waals surface area contributed by atoms with Crippen LogP contribution in [0, 0.1) is 13.8 Å². The third kappa shape index (κ3) is 2.96. The number of hydrogen-bond acceptors (Lipinski definition) is 6.